The second kappa shape index (κ2) is 2.19. The van der Waals surface area contributed by atoms with Crippen molar-refractivity contribution >= 4 is 0 Å². The second-order valence-electron chi connectivity index (χ2n) is 2.36. The topological polar surface area (TPSA) is 20.2 Å². The Bertz CT molecular complexity index is 108. The second-order valence-corrected chi connectivity index (χ2v) is 2.36. The molecule has 8 heavy (non-hydrogen) atoms. The summed E-state index contributed by atoms with van der Waals surface area (Å²) >= 11 is 0. The zero-order chi connectivity index (χ0) is 5.98. The Morgan fingerprint density at radius 3 is 2.75 bits per heavy atom. The fourth-order valence-corrected chi connectivity index (χ4v) is 0.737. The van der Waals surface area contributed by atoms with Gasteiger partial charge in [-0.15, -0.1) is 6.42 Å². The van der Waals surface area contributed by atoms with Crippen LogP contribution in [-0.4, -0.2) is 11.2 Å². The molecule has 1 aliphatic carbocycles. The van der Waals surface area contributed by atoms with E-state index in [4.69, 9.17) is 11.5 Å². The highest BCUT2D eigenvalue weighted by atomic mass is 16.3. The molecule has 1 atom stereocenters. The van der Waals surface area contributed by atoms with Gasteiger partial charge in [-0.25, -0.2) is 0 Å². The summed E-state index contributed by atoms with van der Waals surface area (Å²) in [5, 5.41) is 8.83. The minimum absolute atomic E-state index is 0.484. The smallest absolute Gasteiger partial charge is 0.114 e. The highest BCUT2D eigenvalue weighted by molar-refractivity contribution is 4.95. The summed E-state index contributed by atoms with van der Waals surface area (Å²) in [5.74, 6) is 3.03. The third kappa shape index (κ3) is 1.55. The maximum Gasteiger partial charge on any atom is 0.114 e. The fraction of sp³-hybridized carbons (Fsp3) is 0.714. The maximum atomic E-state index is 8.83. The third-order valence-corrected chi connectivity index (χ3v) is 1.45. The Balaban J connectivity index is 2.09. The summed E-state index contributed by atoms with van der Waals surface area (Å²) < 4.78 is 0. The molecule has 1 unspecified atom stereocenters. The van der Waals surface area contributed by atoms with E-state index in [1.807, 2.05) is 0 Å². The lowest BCUT2D eigenvalue weighted by Crippen LogP contribution is -2.02. The molecule has 0 aromatic rings. The number of rotatable bonds is 2. The molecule has 1 heteroatoms. The first-order valence-corrected chi connectivity index (χ1v) is 2.97. The molecule has 1 saturated carbocycles. The number of terminal acetylenes is 1. The van der Waals surface area contributed by atoms with Gasteiger partial charge in [0.15, 0.2) is 0 Å². The molecule has 0 saturated heterocycles. The average Bonchev–Trinajstić information content (AvgIpc) is 2.50. The molecule has 1 aliphatic rings. The summed E-state index contributed by atoms with van der Waals surface area (Å²) in [4.78, 5) is 0. The first kappa shape index (κ1) is 5.65. The molecule has 0 amide bonds. The molecule has 44 valence electrons. The van der Waals surface area contributed by atoms with Crippen LogP contribution in [0.1, 0.15) is 19.3 Å². The van der Waals surface area contributed by atoms with E-state index in [-0.39, 0.29) is 0 Å². The van der Waals surface area contributed by atoms with Crippen LogP contribution < -0.4 is 0 Å². The van der Waals surface area contributed by atoms with Gasteiger partial charge >= 0.3 is 0 Å². The molecule has 0 bridgehead atoms. The van der Waals surface area contributed by atoms with Gasteiger partial charge in [0, 0.05) is 0 Å². The molecule has 1 rings (SSSR count). The number of hydrogen-bond donors (Lipinski definition) is 1. The standard InChI is InChI=1S/C7H10O/c1-2-7(8)5-6-3-4-6/h1,6-8H,3-5H2. The van der Waals surface area contributed by atoms with Gasteiger partial charge in [0.25, 0.3) is 0 Å². The van der Waals surface area contributed by atoms with E-state index in [0.717, 1.165) is 12.3 Å². The molecule has 0 spiro atoms. The highest BCUT2D eigenvalue weighted by Gasteiger charge is 2.23. The van der Waals surface area contributed by atoms with Crippen LogP contribution >= 0.6 is 0 Å². The van der Waals surface area contributed by atoms with Crippen LogP contribution in [0.15, 0.2) is 0 Å². The fourth-order valence-electron chi connectivity index (χ4n) is 0.737. The van der Waals surface area contributed by atoms with Crippen LogP contribution in [-0.2, 0) is 0 Å². The molecular weight excluding hydrogens is 100 g/mol. The van der Waals surface area contributed by atoms with Gasteiger partial charge in [-0.1, -0.05) is 18.8 Å². The van der Waals surface area contributed by atoms with E-state index in [2.05, 4.69) is 5.92 Å². The third-order valence-electron chi connectivity index (χ3n) is 1.45. The van der Waals surface area contributed by atoms with Gasteiger partial charge in [0.05, 0.1) is 0 Å². The van der Waals surface area contributed by atoms with Gasteiger partial charge < -0.3 is 5.11 Å². The van der Waals surface area contributed by atoms with Crippen LogP contribution in [0.2, 0.25) is 0 Å². The quantitative estimate of drug-likeness (QED) is 0.521. The SMILES string of the molecule is C#CC(O)CC1CC1. The van der Waals surface area contributed by atoms with E-state index in [0.29, 0.717) is 0 Å². The number of hydrogen-bond acceptors (Lipinski definition) is 1. The monoisotopic (exact) mass is 110 g/mol. The van der Waals surface area contributed by atoms with Gasteiger partial charge in [-0.3, -0.25) is 0 Å². The first-order valence-electron chi connectivity index (χ1n) is 2.97. The van der Waals surface area contributed by atoms with Gasteiger partial charge in [0.2, 0.25) is 0 Å². The Kier molecular flexibility index (Phi) is 1.55. The van der Waals surface area contributed by atoms with E-state index in [1.54, 1.807) is 0 Å². The normalized spacial score (nSPS) is 22.0. The molecule has 0 aromatic heterocycles. The minimum Gasteiger partial charge on any atom is -0.380 e. The number of aliphatic hydroxyl groups excluding tert-OH is 1. The van der Waals surface area contributed by atoms with Crippen molar-refractivity contribution in [2.45, 2.75) is 25.4 Å². The lowest BCUT2D eigenvalue weighted by molar-refractivity contribution is 0.214. The van der Waals surface area contributed by atoms with Crippen molar-refractivity contribution in [3.63, 3.8) is 0 Å². The van der Waals surface area contributed by atoms with Crippen LogP contribution in [0.3, 0.4) is 0 Å². The first-order chi connectivity index (χ1) is 3.83. The Labute approximate surface area is 49.7 Å². The Morgan fingerprint density at radius 1 is 1.75 bits per heavy atom. The van der Waals surface area contributed by atoms with Crippen LogP contribution in [0.4, 0.5) is 0 Å². The molecule has 0 heterocycles. The summed E-state index contributed by atoms with van der Waals surface area (Å²) in [6.07, 6.45) is 7.81. The van der Waals surface area contributed by atoms with Crippen molar-refractivity contribution < 1.29 is 5.11 Å². The lowest BCUT2D eigenvalue weighted by atomic mass is 10.2. The zero-order valence-corrected chi connectivity index (χ0v) is 4.80. The lowest BCUT2D eigenvalue weighted by Gasteiger charge is -1.97. The van der Waals surface area contributed by atoms with E-state index < -0.39 is 6.10 Å². The molecule has 1 N–H and O–H groups in total. The van der Waals surface area contributed by atoms with Gasteiger partial charge in [-0.05, 0) is 12.3 Å². The Hall–Kier alpha value is -0.480. The van der Waals surface area contributed by atoms with Crippen molar-refractivity contribution in [1.29, 1.82) is 0 Å². The highest BCUT2D eigenvalue weighted by Crippen LogP contribution is 2.33. The predicted molar refractivity (Wildman–Crippen MR) is 32.2 cm³/mol. The van der Waals surface area contributed by atoms with Crippen LogP contribution in [0.5, 0.6) is 0 Å². The van der Waals surface area contributed by atoms with Crippen molar-refractivity contribution in [2.24, 2.45) is 5.92 Å². The van der Waals surface area contributed by atoms with E-state index >= 15 is 0 Å². The molecule has 0 aliphatic heterocycles. The summed E-state index contributed by atoms with van der Waals surface area (Å²) in [6, 6.07) is 0. The molecule has 1 fully saturated rings. The summed E-state index contributed by atoms with van der Waals surface area (Å²) in [6.45, 7) is 0. The Morgan fingerprint density at radius 2 is 2.38 bits per heavy atom. The van der Waals surface area contributed by atoms with Crippen molar-refractivity contribution in [1.82, 2.24) is 0 Å². The maximum absolute atomic E-state index is 8.83. The van der Waals surface area contributed by atoms with Crippen molar-refractivity contribution in [3.05, 3.63) is 0 Å². The molecule has 0 radical (unpaired) electrons. The molecule has 0 aromatic carbocycles. The largest absolute Gasteiger partial charge is 0.380 e. The van der Waals surface area contributed by atoms with Crippen LogP contribution in [0, 0.1) is 18.3 Å². The number of aliphatic hydroxyl groups is 1. The van der Waals surface area contributed by atoms with Gasteiger partial charge in [-0.2, -0.15) is 0 Å². The van der Waals surface area contributed by atoms with E-state index in [1.165, 1.54) is 12.8 Å². The zero-order valence-electron chi connectivity index (χ0n) is 4.80. The molecular formula is C7H10O. The van der Waals surface area contributed by atoms with Crippen LogP contribution in [0.25, 0.3) is 0 Å². The average molecular weight is 110 g/mol. The minimum atomic E-state index is -0.484. The van der Waals surface area contributed by atoms with Crippen molar-refractivity contribution in [3.8, 4) is 12.3 Å². The van der Waals surface area contributed by atoms with Gasteiger partial charge in [0.1, 0.15) is 6.10 Å². The summed E-state index contributed by atoms with van der Waals surface area (Å²) in [5.41, 5.74) is 0. The summed E-state index contributed by atoms with van der Waals surface area (Å²) in [7, 11) is 0. The van der Waals surface area contributed by atoms with Crippen molar-refractivity contribution in [2.75, 3.05) is 0 Å². The molecule has 1 nitrogen and oxygen atoms in total. The predicted octanol–water partition coefficient (Wildman–Crippen LogP) is 0.781. The van der Waals surface area contributed by atoms with E-state index in [9.17, 15) is 0 Å².